The first-order valence-electron chi connectivity index (χ1n) is 8.53. The lowest BCUT2D eigenvalue weighted by Gasteiger charge is -2.13. The third-order valence-electron chi connectivity index (χ3n) is 4.12. The molecule has 0 aliphatic carbocycles. The van der Waals surface area contributed by atoms with E-state index in [4.69, 9.17) is 4.74 Å². The van der Waals surface area contributed by atoms with Gasteiger partial charge in [-0.05, 0) is 70.4 Å². The average molecular weight is 478 g/mol. The first-order chi connectivity index (χ1) is 13.4. The van der Waals surface area contributed by atoms with Crippen LogP contribution in [0.15, 0.2) is 81.0 Å². The Morgan fingerprint density at radius 1 is 1.04 bits per heavy atom. The summed E-state index contributed by atoms with van der Waals surface area (Å²) in [5, 5.41) is 0. The predicted molar refractivity (Wildman–Crippen MR) is 119 cm³/mol. The standard InChI is InChI=1S/C21H20BrNO3S2/c1-15-12-16(14-27-17-6-4-3-5-7-17)8-10-20(15)23-28(24,25)18-9-11-21(26-2)19(22)13-18/h3-13,23H,14H2,1-2H3. The number of methoxy groups -OCH3 is 1. The number of ether oxygens (including phenoxy) is 1. The summed E-state index contributed by atoms with van der Waals surface area (Å²) in [7, 11) is -2.16. The van der Waals surface area contributed by atoms with Crippen molar-refractivity contribution in [3.63, 3.8) is 0 Å². The summed E-state index contributed by atoms with van der Waals surface area (Å²) in [5.41, 5.74) is 2.59. The van der Waals surface area contributed by atoms with Crippen LogP contribution < -0.4 is 9.46 Å². The Hall–Kier alpha value is -1.96. The molecule has 0 saturated heterocycles. The SMILES string of the molecule is COc1ccc(S(=O)(=O)Nc2ccc(CSc3ccccc3)cc2C)cc1Br. The number of nitrogens with one attached hydrogen (secondary N) is 1. The number of aryl methyl sites for hydroxylation is 1. The Morgan fingerprint density at radius 2 is 1.79 bits per heavy atom. The average Bonchev–Trinajstić information content (AvgIpc) is 2.69. The second-order valence-electron chi connectivity index (χ2n) is 6.15. The van der Waals surface area contributed by atoms with Gasteiger partial charge in [-0.25, -0.2) is 8.42 Å². The van der Waals surface area contributed by atoms with E-state index in [1.165, 1.54) is 24.1 Å². The maximum absolute atomic E-state index is 12.7. The van der Waals surface area contributed by atoms with Crippen molar-refractivity contribution in [1.29, 1.82) is 0 Å². The van der Waals surface area contributed by atoms with Crippen LogP contribution in [0.25, 0.3) is 0 Å². The lowest BCUT2D eigenvalue weighted by molar-refractivity contribution is 0.411. The number of rotatable bonds is 7. The molecule has 28 heavy (non-hydrogen) atoms. The molecule has 1 N–H and O–H groups in total. The number of sulfonamides is 1. The molecule has 3 aromatic rings. The Morgan fingerprint density at radius 3 is 2.43 bits per heavy atom. The minimum absolute atomic E-state index is 0.170. The highest BCUT2D eigenvalue weighted by atomic mass is 79.9. The monoisotopic (exact) mass is 477 g/mol. The summed E-state index contributed by atoms with van der Waals surface area (Å²) in [6.45, 7) is 1.90. The van der Waals surface area contributed by atoms with Gasteiger partial charge < -0.3 is 4.74 Å². The van der Waals surface area contributed by atoms with Crippen molar-refractivity contribution in [3.8, 4) is 5.75 Å². The molecular formula is C21H20BrNO3S2. The van der Waals surface area contributed by atoms with Crippen molar-refractivity contribution in [2.75, 3.05) is 11.8 Å². The van der Waals surface area contributed by atoms with Gasteiger partial charge in [0.1, 0.15) is 5.75 Å². The van der Waals surface area contributed by atoms with Crippen LogP contribution in [0.2, 0.25) is 0 Å². The van der Waals surface area contributed by atoms with Crippen molar-refractivity contribution >= 4 is 43.4 Å². The Kier molecular flexibility index (Phi) is 6.69. The normalized spacial score (nSPS) is 11.2. The van der Waals surface area contributed by atoms with Gasteiger partial charge in [-0.15, -0.1) is 11.8 Å². The number of halogens is 1. The number of hydrogen-bond donors (Lipinski definition) is 1. The minimum atomic E-state index is -3.69. The predicted octanol–water partition coefficient (Wildman–Crippen LogP) is 5.86. The fourth-order valence-electron chi connectivity index (χ4n) is 2.63. The van der Waals surface area contributed by atoms with Gasteiger partial charge in [-0.3, -0.25) is 4.72 Å². The van der Waals surface area contributed by atoms with Crippen LogP contribution in [-0.4, -0.2) is 15.5 Å². The molecule has 3 aromatic carbocycles. The Bertz CT molecular complexity index is 1070. The molecule has 0 saturated carbocycles. The molecule has 0 spiro atoms. The largest absolute Gasteiger partial charge is 0.496 e. The Labute approximate surface area is 178 Å². The first kappa shape index (κ1) is 20.8. The molecular weight excluding hydrogens is 458 g/mol. The Balaban J connectivity index is 1.74. The van der Waals surface area contributed by atoms with Crippen molar-refractivity contribution < 1.29 is 13.2 Å². The second kappa shape index (κ2) is 9.03. The molecule has 0 heterocycles. The van der Waals surface area contributed by atoms with Gasteiger partial charge in [0.15, 0.2) is 0 Å². The fourth-order valence-corrected chi connectivity index (χ4v) is 5.34. The smallest absolute Gasteiger partial charge is 0.261 e. The van der Waals surface area contributed by atoms with E-state index in [1.807, 2.05) is 43.3 Å². The van der Waals surface area contributed by atoms with Crippen LogP contribution in [0.5, 0.6) is 5.75 Å². The number of anilines is 1. The van der Waals surface area contributed by atoms with E-state index in [2.05, 4.69) is 32.8 Å². The van der Waals surface area contributed by atoms with Crippen LogP contribution in [0.4, 0.5) is 5.69 Å². The molecule has 146 valence electrons. The number of benzene rings is 3. The molecule has 0 radical (unpaired) electrons. The van der Waals surface area contributed by atoms with Crippen LogP contribution >= 0.6 is 27.7 Å². The minimum Gasteiger partial charge on any atom is -0.496 e. The summed E-state index contributed by atoms with van der Waals surface area (Å²) in [6.07, 6.45) is 0. The fraction of sp³-hybridized carbons (Fsp3) is 0.143. The summed E-state index contributed by atoms with van der Waals surface area (Å²) < 4.78 is 33.9. The van der Waals surface area contributed by atoms with Crippen molar-refractivity contribution in [1.82, 2.24) is 0 Å². The van der Waals surface area contributed by atoms with Gasteiger partial charge in [-0.1, -0.05) is 30.3 Å². The van der Waals surface area contributed by atoms with Gasteiger partial charge >= 0.3 is 0 Å². The lowest BCUT2D eigenvalue weighted by atomic mass is 10.1. The molecule has 0 unspecified atom stereocenters. The van der Waals surface area contributed by atoms with Crippen LogP contribution in [-0.2, 0) is 15.8 Å². The topological polar surface area (TPSA) is 55.4 Å². The van der Waals surface area contributed by atoms with Gasteiger partial charge in [0.05, 0.1) is 22.2 Å². The maximum atomic E-state index is 12.7. The third-order valence-corrected chi connectivity index (χ3v) is 7.18. The van der Waals surface area contributed by atoms with Crippen LogP contribution in [0.1, 0.15) is 11.1 Å². The zero-order valence-corrected chi connectivity index (χ0v) is 18.7. The molecule has 0 bridgehead atoms. The molecule has 0 fully saturated rings. The molecule has 7 heteroatoms. The van der Waals surface area contributed by atoms with E-state index >= 15 is 0 Å². The molecule has 3 rings (SSSR count). The highest BCUT2D eigenvalue weighted by molar-refractivity contribution is 9.10. The molecule has 4 nitrogen and oxygen atoms in total. The van der Waals surface area contributed by atoms with E-state index in [0.29, 0.717) is 15.9 Å². The van der Waals surface area contributed by atoms with E-state index in [1.54, 1.807) is 17.8 Å². The highest BCUT2D eigenvalue weighted by Crippen LogP contribution is 2.29. The molecule has 0 aromatic heterocycles. The highest BCUT2D eigenvalue weighted by Gasteiger charge is 2.17. The van der Waals surface area contributed by atoms with Crippen LogP contribution in [0.3, 0.4) is 0 Å². The van der Waals surface area contributed by atoms with E-state index in [0.717, 1.165) is 16.9 Å². The number of hydrogen-bond acceptors (Lipinski definition) is 4. The van der Waals surface area contributed by atoms with E-state index in [-0.39, 0.29) is 4.90 Å². The van der Waals surface area contributed by atoms with Gasteiger partial charge in [0, 0.05) is 10.6 Å². The molecule has 0 aliphatic rings. The zero-order valence-electron chi connectivity index (χ0n) is 15.5. The van der Waals surface area contributed by atoms with Crippen molar-refractivity contribution in [3.05, 3.63) is 82.3 Å². The maximum Gasteiger partial charge on any atom is 0.261 e. The molecule has 0 aliphatic heterocycles. The molecule has 0 amide bonds. The third kappa shape index (κ3) is 5.10. The lowest BCUT2D eigenvalue weighted by Crippen LogP contribution is -2.14. The van der Waals surface area contributed by atoms with Crippen LogP contribution in [0, 0.1) is 6.92 Å². The quantitative estimate of drug-likeness (QED) is 0.433. The van der Waals surface area contributed by atoms with Gasteiger partial charge in [0.2, 0.25) is 0 Å². The second-order valence-corrected chi connectivity index (χ2v) is 9.74. The van der Waals surface area contributed by atoms with Gasteiger partial charge in [-0.2, -0.15) is 0 Å². The molecule has 0 atom stereocenters. The van der Waals surface area contributed by atoms with E-state index in [9.17, 15) is 8.42 Å². The van der Waals surface area contributed by atoms with Crippen molar-refractivity contribution in [2.45, 2.75) is 22.5 Å². The first-order valence-corrected chi connectivity index (χ1v) is 11.8. The zero-order chi connectivity index (χ0) is 20.1. The summed E-state index contributed by atoms with van der Waals surface area (Å²) in [6, 6.07) is 20.6. The summed E-state index contributed by atoms with van der Waals surface area (Å²) in [5.74, 6) is 1.40. The summed E-state index contributed by atoms with van der Waals surface area (Å²) in [4.78, 5) is 1.37. The number of thioether (sulfide) groups is 1. The summed E-state index contributed by atoms with van der Waals surface area (Å²) >= 11 is 5.07. The van der Waals surface area contributed by atoms with E-state index < -0.39 is 10.0 Å². The van der Waals surface area contributed by atoms with Gasteiger partial charge in [0.25, 0.3) is 10.0 Å². The van der Waals surface area contributed by atoms with Crippen molar-refractivity contribution in [2.24, 2.45) is 0 Å².